The van der Waals surface area contributed by atoms with Gasteiger partial charge in [-0.2, -0.15) is 0 Å². The Hall–Kier alpha value is -2.40. The van der Waals surface area contributed by atoms with Crippen LogP contribution < -0.4 is 0 Å². The summed E-state index contributed by atoms with van der Waals surface area (Å²) >= 11 is 6.05. The second kappa shape index (κ2) is 4.37. The highest BCUT2D eigenvalue weighted by Gasteiger charge is 2.14. The first kappa shape index (κ1) is 11.7. The molecule has 0 aliphatic carbocycles. The summed E-state index contributed by atoms with van der Waals surface area (Å²) in [6.45, 7) is 0. The molecule has 0 aliphatic rings. The van der Waals surface area contributed by atoms with Crippen LogP contribution in [0.1, 0.15) is 10.4 Å². The lowest BCUT2D eigenvalue weighted by Crippen LogP contribution is -1.99. The molecule has 3 aromatic heterocycles. The van der Waals surface area contributed by atoms with E-state index in [-0.39, 0.29) is 5.56 Å². The summed E-state index contributed by atoms with van der Waals surface area (Å²) in [5.41, 5.74) is 1.44. The van der Waals surface area contributed by atoms with Gasteiger partial charge < -0.3 is 5.11 Å². The summed E-state index contributed by atoms with van der Waals surface area (Å²) in [6.07, 6.45) is 3.13. The van der Waals surface area contributed by atoms with E-state index < -0.39 is 5.97 Å². The molecule has 94 valence electrons. The van der Waals surface area contributed by atoms with Crippen LogP contribution in [-0.2, 0) is 0 Å². The van der Waals surface area contributed by atoms with E-state index in [0.29, 0.717) is 22.2 Å². The summed E-state index contributed by atoms with van der Waals surface area (Å²) in [7, 11) is 0. The lowest BCUT2D eigenvalue weighted by Gasteiger charge is -2.01. The molecule has 19 heavy (non-hydrogen) atoms. The number of carboxylic acids is 1. The number of nitrogens with zero attached hydrogens (tertiary/aromatic N) is 3. The molecule has 0 saturated carbocycles. The van der Waals surface area contributed by atoms with Gasteiger partial charge in [0.25, 0.3) is 0 Å². The summed E-state index contributed by atoms with van der Waals surface area (Å²) in [4.78, 5) is 19.4. The minimum atomic E-state index is -1.00. The van der Waals surface area contributed by atoms with Crippen molar-refractivity contribution in [3.05, 3.63) is 53.4 Å². The summed E-state index contributed by atoms with van der Waals surface area (Å²) in [5.74, 6) is -0.484. The number of carbonyl (C=O) groups is 1. The molecular weight excluding hydrogens is 266 g/mol. The number of aromatic carboxylic acids is 1. The second-order valence-electron chi connectivity index (χ2n) is 3.92. The first-order valence-corrected chi connectivity index (χ1v) is 5.87. The van der Waals surface area contributed by atoms with Crippen LogP contribution in [-0.4, -0.2) is 25.4 Å². The molecule has 0 radical (unpaired) electrons. The highest BCUT2D eigenvalue weighted by molar-refractivity contribution is 6.32. The Morgan fingerprint density at radius 2 is 2.11 bits per heavy atom. The van der Waals surface area contributed by atoms with Gasteiger partial charge in [-0.3, -0.25) is 9.38 Å². The van der Waals surface area contributed by atoms with Crippen molar-refractivity contribution in [2.45, 2.75) is 0 Å². The lowest BCUT2D eigenvalue weighted by atomic mass is 10.2. The zero-order chi connectivity index (χ0) is 13.4. The smallest absolute Gasteiger partial charge is 0.337 e. The third-order valence-electron chi connectivity index (χ3n) is 2.73. The van der Waals surface area contributed by atoms with Crippen LogP contribution in [0.4, 0.5) is 0 Å². The fraction of sp³-hybridized carbons (Fsp3) is 0. The fourth-order valence-electron chi connectivity index (χ4n) is 1.85. The summed E-state index contributed by atoms with van der Waals surface area (Å²) in [5, 5.41) is 9.35. The molecule has 0 aromatic carbocycles. The van der Waals surface area contributed by atoms with Crippen LogP contribution >= 0.6 is 11.6 Å². The van der Waals surface area contributed by atoms with Gasteiger partial charge in [-0.15, -0.1) is 0 Å². The van der Waals surface area contributed by atoms with Crippen molar-refractivity contribution in [1.82, 2.24) is 14.4 Å². The maximum absolute atomic E-state index is 11.0. The Morgan fingerprint density at radius 1 is 1.26 bits per heavy atom. The van der Waals surface area contributed by atoms with Crippen LogP contribution in [0.25, 0.3) is 17.0 Å². The largest absolute Gasteiger partial charge is 0.478 e. The molecule has 3 heterocycles. The van der Waals surface area contributed by atoms with Crippen molar-refractivity contribution in [3.8, 4) is 11.5 Å². The highest BCUT2D eigenvalue weighted by Crippen LogP contribution is 2.24. The molecule has 5 nitrogen and oxygen atoms in total. The van der Waals surface area contributed by atoms with Gasteiger partial charge in [-0.1, -0.05) is 17.7 Å². The third kappa shape index (κ3) is 1.94. The highest BCUT2D eigenvalue weighted by atomic mass is 35.5. The number of aromatic nitrogens is 3. The van der Waals surface area contributed by atoms with Gasteiger partial charge in [0.15, 0.2) is 11.0 Å². The van der Waals surface area contributed by atoms with E-state index >= 15 is 0 Å². The molecule has 0 unspecified atom stereocenters. The third-order valence-corrected chi connectivity index (χ3v) is 3.01. The molecule has 0 bridgehead atoms. The zero-order valence-corrected chi connectivity index (χ0v) is 10.4. The maximum Gasteiger partial charge on any atom is 0.337 e. The Morgan fingerprint density at radius 3 is 2.79 bits per heavy atom. The number of hydrogen-bond acceptors (Lipinski definition) is 3. The maximum atomic E-state index is 11.0. The van der Waals surface area contributed by atoms with Crippen LogP contribution in [0.3, 0.4) is 0 Å². The fourth-order valence-corrected chi connectivity index (χ4v) is 2.08. The van der Waals surface area contributed by atoms with Crippen molar-refractivity contribution in [2.24, 2.45) is 0 Å². The Kier molecular flexibility index (Phi) is 2.68. The van der Waals surface area contributed by atoms with E-state index in [1.807, 2.05) is 6.07 Å². The molecule has 6 heteroatoms. The Balaban J connectivity index is 2.30. The van der Waals surface area contributed by atoms with E-state index in [0.717, 1.165) is 0 Å². The van der Waals surface area contributed by atoms with Gasteiger partial charge >= 0.3 is 5.97 Å². The predicted molar refractivity (Wildman–Crippen MR) is 70.4 cm³/mol. The summed E-state index contributed by atoms with van der Waals surface area (Å²) in [6, 6.07) is 8.54. The molecule has 3 aromatic rings. The number of imidazole rings is 1. The van der Waals surface area contributed by atoms with E-state index in [1.165, 1.54) is 12.3 Å². The van der Waals surface area contributed by atoms with Crippen LogP contribution in [0, 0.1) is 0 Å². The van der Waals surface area contributed by atoms with E-state index in [2.05, 4.69) is 9.97 Å². The zero-order valence-electron chi connectivity index (χ0n) is 9.62. The topological polar surface area (TPSA) is 67.5 Å². The molecule has 0 atom stereocenters. The SMILES string of the molecule is O=C(O)c1ccc2c(Cl)nc(-c3ccccn3)n2c1. The van der Waals surface area contributed by atoms with Crippen LogP contribution in [0.5, 0.6) is 0 Å². The monoisotopic (exact) mass is 273 g/mol. The van der Waals surface area contributed by atoms with E-state index in [9.17, 15) is 4.79 Å². The van der Waals surface area contributed by atoms with E-state index in [1.54, 1.807) is 28.8 Å². The molecule has 0 fully saturated rings. The number of pyridine rings is 2. The molecule has 1 N–H and O–H groups in total. The first-order valence-electron chi connectivity index (χ1n) is 5.49. The van der Waals surface area contributed by atoms with E-state index in [4.69, 9.17) is 16.7 Å². The predicted octanol–water partition coefficient (Wildman–Crippen LogP) is 2.75. The minimum absolute atomic E-state index is 0.166. The van der Waals surface area contributed by atoms with Crippen LogP contribution in [0.15, 0.2) is 42.7 Å². The average Bonchev–Trinajstić information content (AvgIpc) is 2.77. The van der Waals surface area contributed by atoms with Gasteiger partial charge in [0.1, 0.15) is 5.69 Å². The molecule has 0 amide bonds. The van der Waals surface area contributed by atoms with Crippen molar-refractivity contribution >= 4 is 23.1 Å². The van der Waals surface area contributed by atoms with Gasteiger partial charge in [0, 0.05) is 12.4 Å². The average molecular weight is 274 g/mol. The van der Waals surface area contributed by atoms with Crippen molar-refractivity contribution in [1.29, 1.82) is 0 Å². The molecule has 0 aliphatic heterocycles. The number of carboxylic acid groups (broad SMARTS) is 1. The molecular formula is C13H8ClN3O2. The standard InChI is InChI=1S/C13H8ClN3O2/c14-11-10-5-4-8(13(18)19)7-17(10)12(16-11)9-3-1-2-6-15-9/h1-7H,(H,18,19). The van der Waals surface area contributed by atoms with Gasteiger partial charge in [-0.05, 0) is 24.3 Å². The Labute approximate surface area is 113 Å². The quantitative estimate of drug-likeness (QED) is 0.779. The van der Waals surface area contributed by atoms with Gasteiger partial charge in [0.2, 0.25) is 0 Å². The number of rotatable bonds is 2. The molecule has 0 spiro atoms. The number of hydrogen-bond donors (Lipinski definition) is 1. The Bertz CT molecular complexity index is 768. The van der Waals surface area contributed by atoms with Crippen molar-refractivity contribution in [2.75, 3.05) is 0 Å². The van der Waals surface area contributed by atoms with Gasteiger partial charge in [0.05, 0.1) is 11.1 Å². The molecule has 3 rings (SSSR count). The lowest BCUT2D eigenvalue weighted by molar-refractivity contribution is 0.0696. The molecule has 0 saturated heterocycles. The van der Waals surface area contributed by atoms with Crippen LogP contribution in [0.2, 0.25) is 5.15 Å². The van der Waals surface area contributed by atoms with Crippen molar-refractivity contribution < 1.29 is 9.90 Å². The number of halogens is 1. The number of fused-ring (bicyclic) bond motifs is 1. The van der Waals surface area contributed by atoms with Crippen molar-refractivity contribution in [3.63, 3.8) is 0 Å². The first-order chi connectivity index (χ1) is 9.16. The second-order valence-corrected chi connectivity index (χ2v) is 4.28. The van der Waals surface area contributed by atoms with Gasteiger partial charge in [-0.25, -0.2) is 9.78 Å². The minimum Gasteiger partial charge on any atom is -0.478 e. The summed E-state index contributed by atoms with van der Waals surface area (Å²) < 4.78 is 1.63. The normalized spacial score (nSPS) is 10.8.